The second-order valence-electron chi connectivity index (χ2n) is 6.17. The molecule has 0 radical (unpaired) electrons. The molecule has 0 saturated heterocycles. The molecule has 28 heavy (non-hydrogen) atoms. The number of benzene rings is 2. The summed E-state index contributed by atoms with van der Waals surface area (Å²) in [6, 6.07) is 15.8. The van der Waals surface area contributed by atoms with Gasteiger partial charge in [0.2, 0.25) is 0 Å². The first kappa shape index (κ1) is 18.3. The summed E-state index contributed by atoms with van der Waals surface area (Å²) in [5.41, 5.74) is 1.40. The zero-order chi connectivity index (χ0) is 19.5. The number of aromatic nitrogens is 3. The summed E-state index contributed by atoms with van der Waals surface area (Å²) in [5.74, 6) is -0.326. The first-order valence-electron chi connectivity index (χ1n) is 8.58. The molecule has 0 amide bonds. The minimum atomic E-state index is -0.342. The summed E-state index contributed by atoms with van der Waals surface area (Å²) in [6.07, 6.45) is 1.57. The number of thioether (sulfide) groups is 1. The lowest BCUT2D eigenvalue weighted by Gasteiger charge is -2.13. The minimum Gasteiger partial charge on any atom is -0.282 e. The lowest BCUT2D eigenvalue weighted by molar-refractivity contribution is 0.616. The first-order chi connectivity index (χ1) is 13.6. The fraction of sp³-hybridized carbons (Fsp3) is 0.0952. The van der Waals surface area contributed by atoms with Crippen molar-refractivity contribution in [3.8, 4) is 0 Å². The maximum absolute atomic E-state index is 14.0. The fourth-order valence-corrected chi connectivity index (χ4v) is 3.79. The van der Waals surface area contributed by atoms with Crippen LogP contribution < -0.4 is 5.56 Å². The average molecular weight is 395 g/mol. The third-order valence-corrected chi connectivity index (χ3v) is 5.29. The lowest BCUT2D eigenvalue weighted by atomic mass is 10.2. The Morgan fingerprint density at radius 2 is 1.75 bits per heavy atom. The largest absolute Gasteiger partial charge is 0.282 e. The summed E-state index contributed by atoms with van der Waals surface area (Å²) in [6.45, 7) is 0.233. The SMILES string of the molecule is O=c1c2cccnc2nc(SCc2ccccc2F)n1Cc1ccc(F)cc1. The summed E-state index contributed by atoms with van der Waals surface area (Å²) in [7, 11) is 0. The van der Waals surface area contributed by atoms with E-state index < -0.39 is 0 Å². The Labute approximate surface area is 163 Å². The second kappa shape index (κ2) is 7.90. The maximum atomic E-state index is 14.0. The van der Waals surface area contributed by atoms with Crippen LogP contribution in [-0.4, -0.2) is 14.5 Å². The van der Waals surface area contributed by atoms with Gasteiger partial charge in [0.25, 0.3) is 5.56 Å². The Morgan fingerprint density at radius 3 is 2.54 bits per heavy atom. The number of pyridine rings is 1. The van der Waals surface area contributed by atoms with Crippen molar-refractivity contribution in [2.45, 2.75) is 17.5 Å². The molecule has 140 valence electrons. The molecule has 0 fully saturated rings. The van der Waals surface area contributed by atoms with Gasteiger partial charge in [0, 0.05) is 11.9 Å². The number of halogens is 2. The number of rotatable bonds is 5. The van der Waals surface area contributed by atoms with E-state index in [0.717, 1.165) is 5.56 Å². The zero-order valence-electron chi connectivity index (χ0n) is 14.7. The highest BCUT2D eigenvalue weighted by atomic mass is 32.2. The van der Waals surface area contributed by atoms with Crippen LogP contribution in [-0.2, 0) is 12.3 Å². The van der Waals surface area contributed by atoms with Gasteiger partial charge in [-0.1, -0.05) is 42.1 Å². The number of nitrogens with zero attached hydrogens (tertiary/aromatic N) is 3. The Kier molecular flexibility index (Phi) is 5.16. The van der Waals surface area contributed by atoms with Crippen molar-refractivity contribution in [3.63, 3.8) is 0 Å². The summed E-state index contributed by atoms with van der Waals surface area (Å²) < 4.78 is 28.7. The molecule has 0 saturated carbocycles. The molecule has 0 bridgehead atoms. The molecular formula is C21H15F2N3OS. The lowest BCUT2D eigenvalue weighted by Crippen LogP contribution is -2.24. The molecule has 0 N–H and O–H groups in total. The molecule has 0 spiro atoms. The normalized spacial score (nSPS) is 11.1. The van der Waals surface area contributed by atoms with Gasteiger partial charge in [0.15, 0.2) is 10.8 Å². The van der Waals surface area contributed by atoms with Crippen molar-refractivity contribution in [3.05, 3.63) is 100.0 Å². The highest BCUT2D eigenvalue weighted by molar-refractivity contribution is 7.98. The van der Waals surface area contributed by atoms with Crippen LogP contribution in [0.1, 0.15) is 11.1 Å². The zero-order valence-corrected chi connectivity index (χ0v) is 15.5. The molecule has 0 aliphatic carbocycles. The van der Waals surface area contributed by atoms with Gasteiger partial charge in [-0.2, -0.15) is 0 Å². The van der Waals surface area contributed by atoms with Gasteiger partial charge < -0.3 is 0 Å². The van der Waals surface area contributed by atoms with Crippen molar-refractivity contribution < 1.29 is 8.78 Å². The molecule has 0 aliphatic rings. The smallest absolute Gasteiger partial charge is 0.263 e. The van der Waals surface area contributed by atoms with Crippen LogP contribution in [0.25, 0.3) is 11.0 Å². The van der Waals surface area contributed by atoms with Gasteiger partial charge in [-0.3, -0.25) is 9.36 Å². The molecule has 7 heteroatoms. The van der Waals surface area contributed by atoms with E-state index in [4.69, 9.17) is 0 Å². The van der Waals surface area contributed by atoms with Gasteiger partial charge >= 0.3 is 0 Å². The predicted octanol–water partition coefficient (Wildman–Crippen LogP) is 4.41. The van der Waals surface area contributed by atoms with E-state index >= 15 is 0 Å². The van der Waals surface area contributed by atoms with Crippen molar-refractivity contribution in [2.24, 2.45) is 0 Å². The van der Waals surface area contributed by atoms with Crippen LogP contribution in [0.15, 0.2) is 76.8 Å². The van der Waals surface area contributed by atoms with E-state index in [2.05, 4.69) is 9.97 Å². The Morgan fingerprint density at radius 1 is 0.964 bits per heavy atom. The Bertz CT molecular complexity index is 1190. The van der Waals surface area contributed by atoms with Crippen molar-refractivity contribution in [2.75, 3.05) is 0 Å². The van der Waals surface area contributed by atoms with Crippen molar-refractivity contribution >= 4 is 22.8 Å². The molecule has 4 nitrogen and oxygen atoms in total. The highest BCUT2D eigenvalue weighted by Gasteiger charge is 2.14. The molecule has 0 atom stereocenters. The van der Waals surface area contributed by atoms with Crippen LogP contribution in [0.5, 0.6) is 0 Å². The fourth-order valence-electron chi connectivity index (χ4n) is 2.82. The number of hydrogen-bond acceptors (Lipinski definition) is 4. The standard InChI is InChI=1S/C21H15F2N3OS/c22-16-9-7-14(8-10-16)12-26-20(27)17-5-3-11-24-19(17)25-21(26)28-13-15-4-1-2-6-18(15)23/h1-11H,12-13H2. The molecule has 2 aromatic carbocycles. The van der Waals surface area contributed by atoms with Crippen LogP contribution in [0.3, 0.4) is 0 Å². The van der Waals surface area contributed by atoms with Crippen LogP contribution in [0.2, 0.25) is 0 Å². The van der Waals surface area contributed by atoms with E-state index in [1.165, 1.54) is 34.5 Å². The first-order valence-corrected chi connectivity index (χ1v) is 9.56. The van der Waals surface area contributed by atoms with Crippen molar-refractivity contribution in [1.82, 2.24) is 14.5 Å². The summed E-state index contributed by atoms with van der Waals surface area (Å²) in [5, 5.41) is 0.837. The third-order valence-electron chi connectivity index (χ3n) is 4.26. The maximum Gasteiger partial charge on any atom is 0.263 e. The topological polar surface area (TPSA) is 47.8 Å². The molecular weight excluding hydrogens is 380 g/mol. The number of hydrogen-bond donors (Lipinski definition) is 0. The average Bonchev–Trinajstić information content (AvgIpc) is 2.71. The van der Waals surface area contributed by atoms with Crippen LogP contribution >= 0.6 is 11.8 Å². The van der Waals surface area contributed by atoms with Gasteiger partial charge in [-0.05, 0) is 41.5 Å². The quantitative estimate of drug-likeness (QED) is 0.371. The van der Waals surface area contributed by atoms with E-state index in [-0.39, 0.29) is 23.7 Å². The monoisotopic (exact) mass is 395 g/mol. The molecule has 4 aromatic rings. The van der Waals surface area contributed by atoms with E-state index in [0.29, 0.717) is 27.5 Å². The van der Waals surface area contributed by atoms with Crippen LogP contribution in [0.4, 0.5) is 8.78 Å². The van der Waals surface area contributed by atoms with Crippen molar-refractivity contribution in [1.29, 1.82) is 0 Å². The van der Waals surface area contributed by atoms with E-state index in [9.17, 15) is 13.6 Å². The Balaban J connectivity index is 1.75. The van der Waals surface area contributed by atoms with Gasteiger partial charge in [0.1, 0.15) is 11.6 Å². The minimum absolute atomic E-state index is 0.233. The second-order valence-corrected chi connectivity index (χ2v) is 7.11. The molecule has 2 heterocycles. The summed E-state index contributed by atoms with van der Waals surface area (Å²) in [4.78, 5) is 21.7. The molecule has 2 aromatic heterocycles. The molecule has 4 rings (SSSR count). The van der Waals surface area contributed by atoms with Gasteiger partial charge in [0.05, 0.1) is 11.9 Å². The van der Waals surface area contributed by atoms with Gasteiger partial charge in [-0.25, -0.2) is 18.7 Å². The summed E-state index contributed by atoms with van der Waals surface area (Å²) >= 11 is 1.26. The number of fused-ring (bicyclic) bond motifs is 1. The van der Waals surface area contributed by atoms with Gasteiger partial charge in [-0.15, -0.1) is 0 Å². The third kappa shape index (κ3) is 3.80. The highest BCUT2D eigenvalue weighted by Crippen LogP contribution is 2.23. The molecule has 0 unspecified atom stereocenters. The van der Waals surface area contributed by atoms with Crippen LogP contribution in [0, 0.1) is 11.6 Å². The van der Waals surface area contributed by atoms with E-state index in [1.54, 1.807) is 48.7 Å². The van der Waals surface area contributed by atoms with E-state index in [1.807, 2.05) is 0 Å². The molecule has 0 aliphatic heterocycles. The Hall–Kier alpha value is -3.06. The predicted molar refractivity (Wildman–Crippen MR) is 105 cm³/mol.